The first-order valence-electron chi connectivity index (χ1n) is 9.29. The molecule has 142 valence electrons. The van der Waals surface area contributed by atoms with E-state index in [9.17, 15) is 14.7 Å². The van der Waals surface area contributed by atoms with E-state index in [4.69, 9.17) is 4.42 Å². The summed E-state index contributed by atoms with van der Waals surface area (Å²) in [5.74, 6) is -0.264. The fraction of sp³-hybridized carbons (Fsp3) is 0.0833. The van der Waals surface area contributed by atoms with E-state index in [1.807, 2.05) is 43.3 Å². The largest absolute Gasteiger partial charge is 0.508 e. The molecule has 0 saturated carbocycles. The van der Waals surface area contributed by atoms with E-state index in [1.54, 1.807) is 41.3 Å². The van der Waals surface area contributed by atoms with Crippen LogP contribution in [0.2, 0.25) is 0 Å². The number of aromatic hydroxyl groups is 1. The second kappa shape index (κ2) is 6.34. The fourth-order valence-electron chi connectivity index (χ4n) is 3.95. The van der Waals surface area contributed by atoms with Gasteiger partial charge in [-0.3, -0.25) is 14.5 Å². The van der Waals surface area contributed by atoms with E-state index in [1.165, 1.54) is 0 Å². The molecular formula is C24H17NO4. The molecule has 5 nitrogen and oxygen atoms in total. The molecule has 0 spiro atoms. The van der Waals surface area contributed by atoms with E-state index in [0.29, 0.717) is 27.8 Å². The zero-order valence-electron chi connectivity index (χ0n) is 15.6. The maximum absolute atomic E-state index is 13.5. The van der Waals surface area contributed by atoms with Crippen LogP contribution in [0.5, 0.6) is 5.75 Å². The first-order chi connectivity index (χ1) is 14.0. The zero-order chi connectivity index (χ0) is 20.1. The lowest BCUT2D eigenvalue weighted by Gasteiger charge is -2.25. The van der Waals surface area contributed by atoms with Crippen LogP contribution in [0.15, 0.2) is 82.0 Å². The molecule has 0 radical (unpaired) electrons. The highest BCUT2D eigenvalue weighted by atomic mass is 16.3. The first-order valence-corrected chi connectivity index (χ1v) is 9.29. The minimum Gasteiger partial charge on any atom is -0.508 e. The number of amides is 1. The third-order valence-corrected chi connectivity index (χ3v) is 5.25. The molecule has 5 rings (SSSR count). The van der Waals surface area contributed by atoms with Gasteiger partial charge in [0.1, 0.15) is 11.3 Å². The monoisotopic (exact) mass is 383 g/mol. The van der Waals surface area contributed by atoms with Crippen molar-refractivity contribution in [1.82, 2.24) is 0 Å². The number of rotatable bonds is 2. The standard InChI is InChI=1S/C24H17NO4/c1-14-10-11-19-18(12-14)22(27)20-21(15-6-5-9-17(26)13-15)25(24(28)23(20)29-19)16-7-3-2-4-8-16/h2-13,21,26H,1H3. The Morgan fingerprint density at radius 2 is 1.72 bits per heavy atom. The van der Waals surface area contributed by atoms with Gasteiger partial charge in [-0.05, 0) is 48.9 Å². The van der Waals surface area contributed by atoms with Gasteiger partial charge in [-0.1, -0.05) is 42.0 Å². The molecule has 3 aromatic carbocycles. The summed E-state index contributed by atoms with van der Waals surface area (Å²) in [7, 11) is 0. The number of para-hydroxylation sites is 1. The van der Waals surface area contributed by atoms with E-state index in [-0.39, 0.29) is 22.8 Å². The fourth-order valence-corrected chi connectivity index (χ4v) is 3.95. The summed E-state index contributed by atoms with van der Waals surface area (Å²) in [6.45, 7) is 1.90. The Labute approximate surface area is 166 Å². The summed E-state index contributed by atoms with van der Waals surface area (Å²) in [6.07, 6.45) is 0. The van der Waals surface area contributed by atoms with Crippen LogP contribution in [-0.4, -0.2) is 11.0 Å². The van der Waals surface area contributed by atoms with Crippen molar-refractivity contribution in [3.05, 3.63) is 105 Å². The lowest BCUT2D eigenvalue weighted by atomic mass is 9.97. The van der Waals surface area contributed by atoms with Crippen LogP contribution in [0, 0.1) is 6.92 Å². The van der Waals surface area contributed by atoms with Crippen molar-refractivity contribution in [3.63, 3.8) is 0 Å². The molecule has 4 aromatic rings. The molecule has 1 aliphatic heterocycles. The van der Waals surface area contributed by atoms with Crippen molar-refractivity contribution in [2.45, 2.75) is 13.0 Å². The van der Waals surface area contributed by atoms with Gasteiger partial charge < -0.3 is 9.52 Å². The van der Waals surface area contributed by atoms with E-state index in [2.05, 4.69) is 0 Å². The highest BCUT2D eigenvalue weighted by molar-refractivity contribution is 6.10. The Morgan fingerprint density at radius 1 is 0.931 bits per heavy atom. The number of phenols is 1. The summed E-state index contributed by atoms with van der Waals surface area (Å²) in [5, 5.41) is 10.5. The van der Waals surface area contributed by atoms with Gasteiger partial charge in [-0.15, -0.1) is 0 Å². The molecule has 29 heavy (non-hydrogen) atoms. The van der Waals surface area contributed by atoms with Gasteiger partial charge in [0.05, 0.1) is 17.0 Å². The summed E-state index contributed by atoms with van der Waals surface area (Å²) >= 11 is 0. The molecule has 1 amide bonds. The molecular weight excluding hydrogens is 366 g/mol. The highest BCUT2D eigenvalue weighted by Crippen LogP contribution is 2.41. The molecule has 1 atom stereocenters. The topological polar surface area (TPSA) is 70.8 Å². The highest BCUT2D eigenvalue weighted by Gasteiger charge is 2.43. The second-order valence-electron chi connectivity index (χ2n) is 7.18. The van der Waals surface area contributed by atoms with Crippen LogP contribution < -0.4 is 10.3 Å². The van der Waals surface area contributed by atoms with Gasteiger partial charge in [0.25, 0.3) is 5.91 Å². The van der Waals surface area contributed by atoms with Crippen LogP contribution in [0.1, 0.15) is 33.3 Å². The molecule has 1 N–H and O–H groups in total. The molecule has 0 bridgehead atoms. The molecule has 1 unspecified atom stereocenters. The predicted octanol–water partition coefficient (Wildman–Crippen LogP) is 4.56. The minimum atomic E-state index is -0.687. The molecule has 0 saturated heterocycles. The third-order valence-electron chi connectivity index (χ3n) is 5.25. The minimum absolute atomic E-state index is 0.0450. The van der Waals surface area contributed by atoms with Gasteiger partial charge in [0, 0.05) is 5.69 Å². The van der Waals surface area contributed by atoms with Gasteiger partial charge in [-0.25, -0.2) is 0 Å². The Balaban J connectivity index is 1.84. The molecule has 1 aliphatic rings. The van der Waals surface area contributed by atoms with Gasteiger partial charge in [-0.2, -0.15) is 0 Å². The second-order valence-corrected chi connectivity index (χ2v) is 7.18. The number of hydrogen-bond acceptors (Lipinski definition) is 4. The van der Waals surface area contributed by atoms with Gasteiger partial charge in [0.2, 0.25) is 5.76 Å². The lowest BCUT2D eigenvalue weighted by Crippen LogP contribution is -2.29. The molecule has 0 fully saturated rings. The molecule has 1 aromatic heterocycles. The number of fused-ring (bicyclic) bond motifs is 2. The van der Waals surface area contributed by atoms with E-state index in [0.717, 1.165) is 5.56 Å². The molecule has 2 heterocycles. The SMILES string of the molecule is Cc1ccc2oc3c(c(=O)c2c1)C(c1cccc(O)c1)N(c1ccccc1)C3=O. The van der Waals surface area contributed by atoms with Crippen molar-refractivity contribution < 1.29 is 14.3 Å². The Hall–Kier alpha value is -3.86. The lowest BCUT2D eigenvalue weighted by molar-refractivity contribution is 0.0971. The maximum atomic E-state index is 13.5. The summed E-state index contributed by atoms with van der Waals surface area (Å²) < 4.78 is 5.93. The number of benzene rings is 3. The van der Waals surface area contributed by atoms with Crippen LogP contribution in [-0.2, 0) is 0 Å². The van der Waals surface area contributed by atoms with Gasteiger partial charge in [0.15, 0.2) is 5.43 Å². The smallest absolute Gasteiger partial charge is 0.295 e. The van der Waals surface area contributed by atoms with Crippen molar-refractivity contribution in [2.75, 3.05) is 4.90 Å². The number of carbonyl (C=O) groups is 1. The predicted molar refractivity (Wildman–Crippen MR) is 110 cm³/mol. The van der Waals surface area contributed by atoms with Gasteiger partial charge >= 0.3 is 0 Å². The number of carbonyl (C=O) groups excluding carboxylic acids is 1. The first kappa shape index (κ1) is 17.3. The third kappa shape index (κ3) is 2.63. The van der Waals surface area contributed by atoms with Crippen molar-refractivity contribution >= 4 is 22.6 Å². The number of nitrogens with zero attached hydrogens (tertiary/aromatic N) is 1. The average molecular weight is 383 g/mol. The Bertz CT molecular complexity index is 1320. The van der Waals surface area contributed by atoms with E-state index >= 15 is 0 Å². The zero-order valence-corrected chi connectivity index (χ0v) is 15.6. The van der Waals surface area contributed by atoms with Crippen molar-refractivity contribution in [2.24, 2.45) is 0 Å². The van der Waals surface area contributed by atoms with Crippen molar-refractivity contribution in [3.8, 4) is 5.75 Å². The average Bonchev–Trinajstić information content (AvgIpc) is 3.02. The van der Waals surface area contributed by atoms with E-state index < -0.39 is 6.04 Å². The number of hydrogen-bond donors (Lipinski definition) is 1. The molecule has 0 aliphatic carbocycles. The number of aryl methyl sites for hydroxylation is 1. The molecule has 5 heteroatoms. The Morgan fingerprint density at radius 3 is 2.48 bits per heavy atom. The maximum Gasteiger partial charge on any atom is 0.295 e. The van der Waals surface area contributed by atoms with Crippen LogP contribution in [0.3, 0.4) is 0 Å². The summed E-state index contributed by atoms with van der Waals surface area (Å²) in [4.78, 5) is 28.4. The summed E-state index contributed by atoms with van der Waals surface area (Å²) in [5.41, 5.74) is 2.67. The quantitative estimate of drug-likeness (QED) is 0.551. The van der Waals surface area contributed by atoms with Crippen molar-refractivity contribution in [1.29, 1.82) is 0 Å². The van der Waals surface area contributed by atoms with Crippen LogP contribution in [0.4, 0.5) is 5.69 Å². The normalized spacial score (nSPS) is 15.7. The Kier molecular flexibility index (Phi) is 3.77. The van der Waals surface area contributed by atoms with Crippen LogP contribution in [0.25, 0.3) is 11.0 Å². The number of anilines is 1. The number of phenolic OH excluding ortho intramolecular Hbond substituents is 1. The van der Waals surface area contributed by atoms with Crippen LogP contribution >= 0.6 is 0 Å². The summed E-state index contributed by atoms with van der Waals surface area (Å²) in [6, 6.07) is 20.4.